The van der Waals surface area contributed by atoms with E-state index in [-0.39, 0.29) is 45.3 Å². The molecule has 0 aliphatic rings. The first kappa shape index (κ1) is 24.7. The predicted octanol–water partition coefficient (Wildman–Crippen LogP) is 4.49. The molecule has 2 aromatic heterocycles. The van der Waals surface area contributed by atoms with Crippen LogP contribution in [0.25, 0.3) is 22.2 Å². The Morgan fingerprint density at radius 3 is 2.71 bits per heavy atom. The molecule has 2 heterocycles. The van der Waals surface area contributed by atoms with E-state index in [9.17, 15) is 13.2 Å². The number of sulfonamides is 1. The summed E-state index contributed by atoms with van der Waals surface area (Å²) in [4.78, 5) is 15.8. The fraction of sp³-hybridized carbons (Fsp3) is 0.136. The normalized spacial score (nSPS) is 11.5. The number of rotatable bonds is 7. The molecule has 3 N–H and O–H groups in total. The second-order valence-electron chi connectivity index (χ2n) is 7.25. The number of nitrogens with zero attached hydrogens (tertiary/aromatic N) is 3. The van der Waals surface area contributed by atoms with Gasteiger partial charge in [0.25, 0.3) is 10.0 Å². The van der Waals surface area contributed by atoms with Crippen molar-refractivity contribution in [3.8, 4) is 11.3 Å². The molecule has 0 saturated heterocycles. The maximum absolute atomic E-state index is 15.0. The molecule has 0 amide bonds. The average molecular weight is 538 g/mol. The van der Waals surface area contributed by atoms with Gasteiger partial charge in [-0.15, -0.1) is 0 Å². The number of pyridine rings is 1. The molecule has 0 radical (unpaired) electrons. The van der Waals surface area contributed by atoms with Gasteiger partial charge in [0.05, 0.1) is 33.2 Å². The van der Waals surface area contributed by atoms with Crippen LogP contribution in [0.2, 0.25) is 10.0 Å². The number of fused-ring (bicyclic) bond motifs is 1. The number of esters is 1. The summed E-state index contributed by atoms with van der Waals surface area (Å²) < 4.78 is 49.1. The number of carbonyl (C=O) groups excluding carboxylic acids is 1. The van der Waals surface area contributed by atoms with Crippen LogP contribution in [0.15, 0.2) is 53.6 Å². The third-order valence-electron chi connectivity index (χ3n) is 4.97. The van der Waals surface area contributed by atoms with Crippen LogP contribution < -0.4 is 10.5 Å². The largest absolute Gasteiger partial charge is 0.465 e. The van der Waals surface area contributed by atoms with Crippen molar-refractivity contribution in [1.29, 1.82) is 0 Å². The van der Waals surface area contributed by atoms with Crippen LogP contribution in [-0.4, -0.2) is 35.8 Å². The van der Waals surface area contributed by atoms with Gasteiger partial charge in [0, 0.05) is 11.8 Å². The van der Waals surface area contributed by atoms with Crippen molar-refractivity contribution in [3.05, 3.63) is 64.5 Å². The minimum absolute atomic E-state index is 0.0434. The average Bonchev–Trinajstić information content (AvgIpc) is 3.16. The van der Waals surface area contributed by atoms with Crippen LogP contribution >= 0.6 is 23.2 Å². The van der Waals surface area contributed by atoms with Crippen molar-refractivity contribution >= 4 is 61.6 Å². The van der Waals surface area contributed by atoms with Crippen molar-refractivity contribution in [3.63, 3.8) is 0 Å². The number of nitrogen functional groups attached to an aromatic ring is 1. The molecule has 0 bridgehead atoms. The van der Waals surface area contributed by atoms with E-state index >= 15 is 4.39 Å². The van der Waals surface area contributed by atoms with E-state index in [1.807, 2.05) is 0 Å². The van der Waals surface area contributed by atoms with Gasteiger partial charge >= 0.3 is 5.97 Å². The molecule has 35 heavy (non-hydrogen) atoms. The van der Waals surface area contributed by atoms with E-state index in [2.05, 4.69) is 14.8 Å². The van der Waals surface area contributed by atoms with E-state index in [0.717, 1.165) is 6.07 Å². The molecule has 4 aromatic rings. The van der Waals surface area contributed by atoms with Crippen LogP contribution in [0.1, 0.15) is 6.92 Å². The summed E-state index contributed by atoms with van der Waals surface area (Å²) in [5.74, 6) is -1.25. The first-order chi connectivity index (χ1) is 16.6. The molecule has 0 atom stereocenters. The highest BCUT2D eigenvalue weighted by molar-refractivity contribution is 7.92. The molecule has 13 heteroatoms. The summed E-state index contributed by atoms with van der Waals surface area (Å²) in [6.07, 6.45) is 1.46. The molecular formula is C22H18Cl2FN5O4S. The van der Waals surface area contributed by atoms with Crippen LogP contribution in [0.5, 0.6) is 0 Å². The Balaban J connectivity index is 1.73. The second kappa shape index (κ2) is 9.68. The molecule has 0 unspecified atom stereocenters. The molecule has 182 valence electrons. The lowest BCUT2D eigenvalue weighted by atomic mass is 10.1. The first-order valence-electron chi connectivity index (χ1n) is 10.2. The number of halogens is 3. The van der Waals surface area contributed by atoms with Crippen LogP contribution in [0, 0.1) is 5.82 Å². The molecule has 0 spiro atoms. The Bertz CT molecular complexity index is 1560. The third kappa shape index (κ3) is 4.88. The van der Waals surface area contributed by atoms with Crippen molar-refractivity contribution in [1.82, 2.24) is 14.8 Å². The SMILES string of the molecule is CCOC(=O)Cn1nc(-c2ccc(NS(=O)(=O)c3cccc(Cl)c3Cl)c(F)c2)c2c(N)nccc21. The molecule has 0 saturated carbocycles. The maximum atomic E-state index is 15.0. The Morgan fingerprint density at radius 2 is 2.00 bits per heavy atom. The molecule has 9 nitrogen and oxygen atoms in total. The number of aromatic nitrogens is 3. The van der Waals surface area contributed by atoms with Gasteiger partial charge in [-0.2, -0.15) is 5.10 Å². The Labute approximate surface area is 209 Å². The smallest absolute Gasteiger partial charge is 0.327 e. The lowest BCUT2D eigenvalue weighted by Gasteiger charge is -2.11. The quantitative estimate of drug-likeness (QED) is 0.332. The standard InChI is InChI=1S/C22H18Cl2FN5O4S/c1-2-34-18(31)11-30-16-8-9-27-22(26)19(16)21(28-30)12-6-7-15(14(25)10-12)29-35(32,33)17-5-3-4-13(23)20(17)24/h3-10,29H,2,11H2,1H3,(H2,26,27). The van der Waals surface area contributed by atoms with Gasteiger partial charge in [0.15, 0.2) is 0 Å². The van der Waals surface area contributed by atoms with Crippen molar-refractivity contribution in [2.24, 2.45) is 0 Å². The molecular weight excluding hydrogens is 520 g/mol. The Kier molecular flexibility index (Phi) is 6.84. The van der Waals surface area contributed by atoms with Crippen molar-refractivity contribution < 1.29 is 22.3 Å². The fourth-order valence-corrected chi connectivity index (χ4v) is 5.27. The first-order valence-corrected chi connectivity index (χ1v) is 12.4. The summed E-state index contributed by atoms with van der Waals surface area (Å²) in [7, 11) is -4.23. The van der Waals surface area contributed by atoms with Crippen molar-refractivity contribution in [2.45, 2.75) is 18.4 Å². The van der Waals surface area contributed by atoms with Gasteiger partial charge in [0.1, 0.15) is 28.8 Å². The highest BCUT2D eigenvalue weighted by Crippen LogP contribution is 2.34. The minimum Gasteiger partial charge on any atom is -0.465 e. The van der Waals surface area contributed by atoms with Gasteiger partial charge in [-0.3, -0.25) is 14.2 Å². The zero-order valence-corrected chi connectivity index (χ0v) is 20.5. The molecule has 0 aliphatic heterocycles. The van der Waals surface area contributed by atoms with Crippen LogP contribution in [0.4, 0.5) is 15.9 Å². The number of nitrogens with two attached hydrogens (primary N) is 1. The molecule has 2 aromatic carbocycles. The van der Waals surface area contributed by atoms with Gasteiger partial charge in [-0.05, 0) is 37.3 Å². The number of carbonyl (C=O) groups is 1. The number of nitrogens with one attached hydrogen (secondary N) is 1. The molecule has 0 aliphatic carbocycles. The summed E-state index contributed by atoms with van der Waals surface area (Å²) in [5.41, 5.74) is 6.79. The Hall–Kier alpha value is -3.41. The minimum atomic E-state index is -4.23. The maximum Gasteiger partial charge on any atom is 0.327 e. The third-order valence-corrected chi connectivity index (χ3v) is 7.31. The number of hydrogen-bond donors (Lipinski definition) is 2. The van der Waals surface area contributed by atoms with Crippen LogP contribution in [-0.2, 0) is 26.1 Å². The van der Waals surface area contributed by atoms with E-state index in [0.29, 0.717) is 16.5 Å². The second-order valence-corrected chi connectivity index (χ2v) is 9.69. The predicted molar refractivity (Wildman–Crippen MR) is 131 cm³/mol. The highest BCUT2D eigenvalue weighted by Gasteiger charge is 2.23. The summed E-state index contributed by atoms with van der Waals surface area (Å²) in [6, 6.07) is 9.52. The molecule has 4 rings (SSSR count). The van der Waals surface area contributed by atoms with E-state index in [1.54, 1.807) is 13.0 Å². The van der Waals surface area contributed by atoms with E-state index in [4.69, 9.17) is 33.7 Å². The topological polar surface area (TPSA) is 129 Å². The van der Waals surface area contributed by atoms with Crippen LogP contribution in [0.3, 0.4) is 0 Å². The fourth-order valence-electron chi connectivity index (χ4n) is 3.44. The highest BCUT2D eigenvalue weighted by atomic mass is 35.5. The summed E-state index contributed by atoms with van der Waals surface area (Å²) in [5, 5.41) is 4.69. The van der Waals surface area contributed by atoms with Crippen molar-refractivity contribution in [2.75, 3.05) is 17.1 Å². The van der Waals surface area contributed by atoms with Gasteiger partial charge in [0.2, 0.25) is 0 Å². The zero-order chi connectivity index (χ0) is 25.3. The lowest BCUT2D eigenvalue weighted by Crippen LogP contribution is -2.14. The number of benzene rings is 2. The summed E-state index contributed by atoms with van der Waals surface area (Å²) in [6.45, 7) is 1.71. The van der Waals surface area contributed by atoms with E-state index < -0.39 is 21.8 Å². The number of anilines is 2. The molecule has 0 fully saturated rings. The monoisotopic (exact) mass is 537 g/mol. The number of ether oxygens (including phenoxy) is 1. The zero-order valence-electron chi connectivity index (χ0n) is 18.1. The summed E-state index contributed by atoms with van der Waals surface area (Å²) >= 11 is 11.9. The van der Waals surface area contributed by atoms with Gasteiger partial charge in [-0.25, -0.2) is 17.8 Å². The van der Waals surface area contributed by atoms with Gasteiger partial charge in [-0.1, -0.05) is 35.3 Å². The Morgan fingerprint density at radius 1 is 1.23 bits per heavy atom. The van der Waals surface area contributed by atoms with E-state index in [1.165, 1.54) is 41.2 Å². The number of hydrogen-bond acceptors (Lipinski definition) is 7. The lowest BCUT2D eigenvalue weighted by molar-refractivity contribution is -0.143. The van der Waals surface area contributed by atoms with Gasteiger partial charge < -0.3 is 10.5 Å².